The second-order valence-corrected chi connectivity index (χ2v) is 6.94. The molecule has 26 heavy (non-hydrogen) atoms. The zero-order chi connectivity index (χ0) is 18.5. The van der Waals surface area contributed by atoms with Crippen LogP contribution in [0.25, 0.3) is 0 Å². The first-order valence-corrected chi connectivity index (χ1v) is 9.25. The Kier molecular flexibility index (Phi) is 5.71. The van der Waals surface area contributed by atoms with E-state index < -0.39 is 0 Å². The lowest BCUT2D eigenvalue weighted by atomic mass is 10.1. The Morgan fingerprint density at radius 1 is 1.04 bits per heavy atom. The van der Waals surface area contributed by atoms with Gasteiger partial charge >= 0.3 is 0 Å². The highest BCUT2D eigenvalue weighted by atomic mass is 16.2. The number of anilines is 1. The minimum atomic E-state index is 0.0172. The summed E-state index contributed by atoms with van der Waals surface area (Å²) in [5, 5.41) is 0. The third-order valence-corrected chi connectivity index (χ3v) is 5.03. The van der Waals surface area contributed by atoms with Gasteiger partial charge in [0, 0.05) is 38.2 Å². The van der Waals surface area contributed by atoms with E-state index in [2.05, 4.69) is 25.1 Å². The fourth-order valence-corrected chi connectivity index (χ4v) is 3.63. The largest absolute Gasteiger partial charge is 0.342 e. The fraction of sp³-hybridized carbons (Fsp3) is 0.364. The lowest BCUT2D eigenvalue weighted by molar-refractivity contribution is -0.129. The summed E-state index contributed by atoms with van der Waals surface area (Å²) < 4.78 is 0. The van der Waals surface area contributed by atoms with Gasteiger partial charge in [0.05, 0.1) is 0 Å². The number of amides is 2. The molecule has 4 nitrogen and oxygen atoms in total. The summed E-state index contributed by atoms with van der Waals surface area (Å²) >= 11 is 0. The lowest BCUT2D eigenvalue weighted by Crippen LogP contribution is -2.39. The number of nitrogens with zero attached hydrogens (tertiary/aromatic N) is 2. The number of benzene rings is 2. The number of hydrogen-bond donors (Lipinski definition) is 0. The third kappa shape index (κ3) is 4.13. The number of carbonyl (C=O) groups is 2. The first kappa shape index (κ1) is 18.2. The monoisotopic (exact) mass is 350 g/mol. The molecule has 3 rings (SSSR count). The van der Waals surface area contributed by atoms with E-state index in [4.69, 9.17) is 0 Å². The SMILES string of the molecule is CC(=O)N(CCC(=O)N1c2ccccc2CC1C)CCc1ccccc1. The Morgan fingerprint density at radius 3 is 2.46 bits per heavy atom. The van der Waals surface area contributed by atoms with Gasteiger partial charge in [-0.3, -0.25) is 9.59 Å². The third-order valence-electron chi connectivity index (χ3n) is 5.03. The van der Waals surface area contributed by atoms with E-state index in [1.807, 2.05) is 41.3 Å². The Hall–Kier alpha value is -2.62. The molecule has 1 atom stereocenters. The summed E-state index contributed by atoms with van der Waals surface area (Å²) in [6, 6.07) is 18.4. The van der Waals surface area contributed by atoms with Crippen molar-refractivity contribution in [3.63, 3.8) is 0 Å². The van der Waals surface area contributed by atoms with Crippen molar-refractivity contribution in [3.05, 3.63) is 65.7 Å². The van der Waals surface area contributed by atoms with Crippen molar-refractivity contribution in [2.24, 2.45) is 0 Å². The van der Waals surface area contributed by atoms with Gasteiger partial charge in [-0.1, -0.05) is 48.5 Å². The molecule has 2 aromatic carbocycles. The van der Waals surface area contributed by atoms with Crippen molar-refractivity contribution >= 4 is 17.5 Å². The normalized spacial score (nSPS) is 15.6. The Labute approximate surface area is 155 Å². The van der Waals surface area contributed by atoms with Crippen LogP contribution in [-0.2, 0) is 22.4 Å². The number of fused-ring (bicyclic) bond motifs is 1. The van der Waals surface area contributed by atoms with Crippen LogP contribution in [0.5, 0.6) is 0 Å². The van der Waals surface area contributed by atoms with Gasteiger partial charge in [0.15, 0.2) is 0 Å². The number of para-hydroxylation sites is 1. The van der Waals surface area contributed by atoms with Crippen LogP contribution in [-0.4, -0.2) is 35.8 Å². The summed E-state index contributed by atoms with van der Waals surface area (Å²) in [5.41, 5.74) is 3.44. The van der Waals surface area contributed by atoms with Gasteiger partial charge in [0.2, 0.25) is 11.8 Å². The molecule has 0 saturated carbocycles. The fourth-order valence-electron chi connectivity index (χ4n) is 3.63. The number of hydrogen-bond acceptors (Lipinski definition) is 2. The van der Waals surface area contributed by atoms with Gasteiger partial charge in [-0.2, -0.15) is 0 Å². The molecule has 0 aliphatic carbocycles. The van der Waals surface area contributed by atoms with Crippen molar-refractivity contribution in [1.82, 2.24) is 4.90 Å². The summed E-state index contributed by atoms with van der Waals surface area (Å²) in [5.74, 6) is 0.108. The van der Waals surface area contributed by atoms with E-state index in [1.165, 1.54) is 11.1 Å². The van der Waals surface area contributed by atoms with Crippen LogP contribution in [0.3, 0.4) is 0 Å². The molecule has 1 aliphatic rings. The van der Waals surface area contributed by atoms with Gasteiger partial charge in [0.1, 0.15) is 0 Å². The minimum Gasteiger partial charge on any atom is -0.342 e. The van der Waals surface area contributed by atoms with Crippen molar-refractivity contribution in [1.29, 1.82) is 0 Å². The van der Waals surface area contributed by atoms with Crippen molar-refractivity contribution in [2.75, 3.05) is 18.0 Å². The van der Waals surface area contributed by atoms with E-state index >= 15 is 0 Å². The van der Waals surface area contributed by atoms with E-state index in [-0.39, 0.29) is 17.9 Å². The molecule has 0 aromatic heterocycles. The van der Waals surface area contributed by atoms with Gasteiger partial charge < -0.3 is 9.80 Å². The molecule has 136 valence electrons. The molecule has 0 spiro atoms. The highest BCUT2D eigenvalue weighted by Gasteiger charge is 2.30. The Balaban J connectivity index is 1.59. The standard InChI is InChI=1S/C22H26N2O2/c1-17-16-20-10-6-7-11-21(20)24(17)22(26)13-15-23(18(2)25)14-12-19-8-4-3-5-9-19/h3-11,17H,12-16H2,1-2H3. The molecule has 1 unspecified atom stereocenters. The molecule has 0 radical (unpaired) electrons. The summed E-state index contributed by atoms with van der Waals surface area (Å²) in [7, 11) is 0. The second-order valence-electron chi connectivity index (χ2n) is 6.94. The molecule has 1 aliphatic heterocycles. The number of carbonyl (C=O) groups excluding carboxylic acids is 2. The average Bonchev–Trinajstić information content (AvgIpc) is 2.97. The maximum Gasteiger partial charge on any atom is 0.229 e. The topological polar surface area (TPSA) is 40.6 Å². The average molecular weight is 350 g/mol. The van der Waals surface area contributed by atoms with Crippen LogP contribution in [0.4, 0.5) is 5.69 Å². The zero-order valence-corrected chi connectivity index (χ0v) is 15.5. The Bertz CT molecular complexity index is 773. The highest BCUT2D eigenvalue weighted by Crippen LogP contribution is 2.32. The minimum absolute atomic E-state index is 0.0172. The summed E-state index contributed by atoms with van der Waals surface area (Å²) in [6.45, 7) is 4.75. The highest BCUT2D eigenvalue weighted by molar-refractivity contribution is 5.96. The van der Waals surface area contributed by atoms with E-state index in [9.17, 15) is 9.59 Å². The summed E-state index contributed by atoms with van der Waals surface area (Å²) in [4.78, 5) is 28.4. The smallest absolute Gasteiger partial charge is 0.229 e. The quantitative estimate of drug-likeness (QED) is 0.801. The van der Waals surface area contributed by atoms with Gasteiger partial charge in [-0.15, -0.1) is 0 Å². The van der Waals surface area contributed by atoms with Gasteiger partial charge in [-0.05, 0) is 37.0 Å². The van der Waals surface area contributed by atoms with Crippen LogP contribution in [0, 0.1) is 0 Å². The molecule has 2 aromatic rings. The zero-order valence-electron chi connectivity index (χ0n) is 15.5. The predicted molar refractivity (Wildman–Crippen MR) is 104 cm³/mol. The summed E-state index contributed by atoms with van der Waals surface area (Å²) in [6.07, 6.45) is 2.05. The van der Waals surface area contributed by atoms with E-state index in [0.29, 0.717) is 19.5 Å². The Morgan fingerprint density at radius 2 is 1.73 bits per heavy atom. The number of rotatable bonds is 6. The molecule has 1 heterocycles. The maximum atomic E-state index is 12.8. The molecule has 4 heteroatoms. The van der Waals surface area contributed by atoms with E-state index in [0.717, 1.165) is 18.5 Å². The molecule has 2 amide bonds. The van der Waals surface area contributed by atoms with Gasteiger partial charge in [0.25, 0.3) is 0 Å². The van der Waals surface area contributed by atoms with Crippen LogP contribution < -0.4 is 4.90 Å². The molecular weight excluding hydrogens is 324 g/mol. The molecule has 0 saturated heterocycles. The predicted octanol–water partition coefficient (Wildman–Crippen LogP) is 3.45. The van der Waals surface area contributed by atoms with Crippen molar-refractivity contribution in [2.45, 2.75) is 39.2 Å². The van der Waals surface area contributed by atoms with Gasteiger partial charge in [-0.25, -0.2) is 0 Å². The molecule has 0 fully saturated rings. The first-order chi connectivity index (χ1) is 12.6. The van der Waals surface area contributed by atoms with Crippen molar-refractivity contribution < 1.29 is 9.59 Å². The molecular formula is C22H26N2O2. The van der Waals surface area contributed by atoms with E-state index in [1.54, 1.807) is 11.8 Å². The lowest BCUT2D eigenvalue weighted by Gasteiger charge is -2.25. The molecule has 0 bridgehead atoms. The first-order valence-electron chi connectivity index (χ1n) is 9.25. The van der Waals surface area contributed by atoms with Crippen LogP contribution >= 0.6 is 0 Å². The van der Waals surface area contributed by atoms with Crippen LogP contribution in [0.15, 0.2) is 54.6 Å². The maximum absolute atomic E-state index is 12.8. The van der Waals surface area contributed by atoms with Crippen LogP contribution in [0.2, 0.25) is 0 Å². The molecule has 0 N–H and O–H groups in total. The van der Waals surface area contributed by atoms with Crippen LogP contribution in [0.1, 0.15) is 31.4 Å². The second kappa shape index (κ2) is 8.17. The van der Waals surface area contributed by atoms with Crippen molar-refractivity contribution in [3.8, 4) is 0 Å².